The van der Waals surface area contributed by atoms with Gasteiger partial charge in [0.2, 0.25) is 0 Å². The number of hydrogen-bond donors (Lipinski definition) is 2. The Balaban J connectivity index is 1.63. The number of likely N-dealkylation sites (tertiary alicyclic amines) is 1. The SMILES string of the molecule is CN(C)c1ccc([C@H](CNC(=O)C(=O)Nc2ccc(F)cc2)N2CCCC2)cc1. The van der Waals surface area contributed by atoms with Crippen LogP contribution in [-0.2, 0) is 9.59 Å². The number of nitrogens with one attached hydrogen (secondary N) is 2. The highest BCUT2D eigenvalue weighted by Crippen LogP contribution is 2.26. The topological polar surface area (TPSA) is 64.7 Å². The Labute approximate surface area is 170 Å². The predicted octanol–water partition coefficient (Wildman–Crippen LogP) is 2.78. The van der Waals surface area contributed by atoms with Crippen molar-refractivity contribution >= 4 is 23.2 Å². The van der Waals surface area contributed by atoms with Crippen molar-refractivity contribution in [1.82, 2.24) is 10.2 Å². The fourth-order valence-corrected chi connectivity index (χ4v) is 3.50. The summed E-state index contributed by atoms with van der Waals surface area (Å²) in [7, 11) is 3.99. The van der Waals surface area contributed by atoms with Crippen LogP contribution in [0.3, 0.4) is 0 Å². The first-order chi connectivity index (χ1) is 13.9. The summed E-state index contributed by atoms with van der Waals surface area (Å²) in [5.41, 5.74) is 2.59. The molecule has 1 heterocycles. The molecule has 0 radical (unpaired) electrons. The summed E-state index contributed by atoms with van der Waals surface area (Å²) in [6.45, 7) is 2.28. The third kappa shape index (κ3) is 5.54. The van der Waals surface area contributed by atoms with E-state index in [0.717, 1.165) is 37.2 Å². The maximum Gasteiger partial charge on any atom is 0.313 e. The lowest BCUT2D eigenvalue weighted by Gasteiger charge is -2.28. The molecule has 2 aromatic carbocycles. The van der Waals surface area contributed by atoms with Crippen LogP contribution >= 0.6 is 0 Å². The van der Waals surface area contributed by atoms with E-state index in [1.165, 1.54) is 24.3 Å². The van der Waals surface area contributed by atoms with Crippen LogP contribution in [0.5, 0.6) is 0 Å². The van der Waals surface area contributed by atoms with E-state index in [0.29, 0.717) is 12.2 Å². The van der Waals surface area contributed by atoms with Gasteiger partial charge in [-0.1, -0.05) is 12.1 Å². The average molecular weight is 398 g/mol. The first-order valence-corrected chi connectivity index (χ1v) is 9.80. The Hall–Kier alpha value is -2.93. The highest BCUT2D eigenvalue weighted by molar-refractivity contribution is 6.39. The number of carbonyl (C=O) groups excluding carboxylic acids is 2. The van der Waals surface area contributed by atoms with Crippen molar-refractivity contribution in [3.05, 3.63) is 59.9 Å². The highest BCUT2D eigenvalue weighted by Gasteiger charge is 2.25. The normalized spacial score (nSPS) is 15.0. The molecule has 0 aliphatic carbocycles. The summed E-state index contributed by atoms with van der Waals surface area (Å²) < 4.78 is 13.0. The zero-order chi connectivity index (χ0) is 20.8. The molecule has 2 aromatic rings. The van der Waals surface area contributed by atoms with E-state index in [9.17, 15) is 14.0 Å². The van der Waals surface area contributed by atoms with Gasteiger partial charge in [-0.05, 0) is 67.9 Å². The molecule has 6 nitrogen and oxygen atoms in total. The molecule has 154 valence electrons. The van der Waals surface area contributed by atoms with Gasteiger partial charge in [-0.3, -0.25) is 14.5 Å². The first-order valence-electron chi connectivity index (χ1n) is 9.80. The zero-order valence-corrected chi connectivity index (χ0v) is 16.8. The van der Waals surface area contributed by atoms with E-state index in [1.54, 1.807) is 0 Å². The molecule has 3 rings (SSSR count). The molecule has 1 fully saturated rings. The molecule has 1 atom stereocenters. The zero-order valence-electron chi connectivity index (χ0n) is 16.8. The number of carbonyl (C=O) groups is 2. The molecule has 1 saturated heterocycles. The summed E-state index contributed by atoms with van der Waals surface area (Å²) in [4.78, 5) is 28.8. The van der Waals surface area contributed by atoms with Gasteiger partial charge in [-0.2, -0.15) is 0 Å². The molecule has 0 bridgehead atoms. The van der Waals surface area contributed by atoms with Crippen LogP contribution in [0, 0.1) is 5.82 Å². The summed E-state index contributed by atoms with van der Waals surface area (Å²) in [6.07, 6.45) is 2.26. The monoisotopic (exact) mass is 398 g/mol. The number of halogens is 1. The van der Waals surface area contributed by atoms with E-state index < -0.39 is 17.6 Å². The van der Waals surface area contributed by atoms with E-state index >= 15 is 0 Å². The van der Waals surface area contributed by atoms with Crippen LogP contribution in [0.1, 0.15) is 24.4 Å². The van der Waals surface area contributed by atoms with Gasteiger partial charge in [0.15, 0.2) is 0 Å². The minimum Gasteiger partial charge on any atom is -0.378 e. The highest BCUT2D eigenvalue weighted by atomic mass is 19.1. The third-order valence-corrected chi connectivity index (χ3v) is 5.14. The maximum absolute atomic E-state index is 13.0. The lowest BCUT2D eigenvalue weighted by atomic mass is 10.0. The minimum absolute atomic E-state index is 0.0104. The second-order valence-corrected chi connectivity index (χ2v) is 7.42. The Morgan fingerprint density at radius 2 is 1.62 bits per heavy atom. The molecule has 0 spiro atoms. The van der Waals surface area contributed by atoms with Crippen molar-refractivity contribution < 1.29 is 14.0 Å². The molecule has 1 aliphatic heterocycles. The summed E-state index contributed by atoms with van der Waals surface area (Å²) in [5, 5.41) is 5.23. The van der Waals surface area contributed by atoms with Crippen LogP contribution in [0.2, 0.25) is 0 Å². The Morgan fingerprint density at radius 3 is 2.21 bits per heavy atom. The minimum atomic E-state index is -0.764. The van der Waals surface area contributed by atoms with Gasteiger partial charge in [0.05, 0.1) is 6.04 Å². The second-order valence-electron chi connectivity index (χ2n) is 7.42. The fourth-order valence-electron chi connectivity index (χ4n) is 3.50. The van der Waals surface area contributed by atoms with Crippen LogP contribution in [0.15, 0.2) is 48.5 Å². The average Bonchev–Trinajstić information content (AvgIpc) is 3.24. The third-order valence-electron chi connectivity index (χ3n) is 5.14. The maximum atomic E-state index is 13.0. The van der Waals surface area contributed by atoms with Crippen LogP contribution in [0.4, 0.5) is 15.8 Å². The number of amides is 2. The van der Waals surface area contributed by atoms with Gasteiger partial charge < -0.3 is 15.5 Å². The second kappa shape index (κ2) is 9.52. The molecule has 1 aliphatic rings. The quantitative estimate of drug-likeness (QED) is 0.735. The van der Waals surface area contributed by atoms with Gasteiger partial charge in [0.25, 0.3) is 0 Å². The Kier molecular flexibility index (Phi) is 6.82. The van der Waals surface area contributed by atoms with Gasteiger partial charge in [-0.15, -0.1) is 0 Å². The van der Waals surface area contributed by atoms with Gasteiger partial charge in [0, 0.05) is 32.0 Å². The molecular formula is C22H27FN4O2. The molecule has 2 N–H and O–H groups in total. The number of anilines is 2. The lowest BCUT2D eigenvalue weighted by Crippen LogP contribution is -2.41. The number of benzene rings is 2. The number of nitrogens with zero attached hydrogens (tertiary/aromatic N) is 2. The number of rotatable bonds is 6. The smallest absolute Gasteiger partial charge is 0.313 e. The van der Waals surface area contributed by atoms with Crippen LogP contribution in [0.25, 0.3) is 0 Å². The summed E-state index contributed by atoms with van der Waals surface area (Å²) in [5.74, 6) is -1.87. The van der Waals surface area contributed by atoms with Crippen molar-refractivity contribution in [2.45, 2.75) is 18.9 Å². The van der Waals surface area contributed by atoms with E-state index in [1.807, 2.05) is 19.0 Å². The molecule has 0 aromatic heterocycles. The summed E-state index contributed by atoms with van der Waals surface area (Å²) in [6, 6.07) is 13.6. The van der Waals surface area contributed by atoms with Crippen molar-refractivity contribution in [2.75, 3.05) is 43.9 Å². The molecule has 29 heavy (non-hydrogen) atoms. The molecule has 0 saturated carbocycles. The van der Waals surface area contributed by atoms with Crippen molar-refractivity contribution in [3.63, 3.8) is 0 Å². The van der Waals surface area contributed by atoms with Gasteiger partial charge in [-0.25, -0.2) is 4.39 Å². The fraction of sp³-hybridized carbons (Fsp3) is 0.364. The largest absolute Gasteiger partial charge is 0.378 e. The van der Waals surface area contributed by atoms with E-state index in [4.69, 9.17) is 0 Å². The predicted molar refractivity (Wildman–Crippen MR) is 112 cm³/mol. The van der Waals surface area contributed by atoms with E-state index in [-0.39, 0.29) is 6.04 Å². The van der Waals surface area contributed by atoms with Crippen LogP contribution in [-0.4, -0.2) is 50.4 Å². The Bertz CT molecular complexity index is 831. The van der Waals surface area contributed by atoms with Crippen molar-refractivity contribution in [3.8, 4) is 0 Å². The molecule has 0 unspecified atom stereocenters. The Morgan fingerprint density at radius 1 is 1.00 bits per heavy atom. The van der Waals surface area contributed by atoms with Crippen molar-refractivity contribution in [1.29, 1.82) is 0 Å². The first kappa shape index (κ1) is 20.8. The molecular weight excluding hydrogens is 371 g/mol. The van der Waals surface area contributed by atoms with Gasteiger partial charge >= 0.3 is 11.8 Å². The summed E-state index contributed by atoms with van der Waals surface area (Å²) >= 11 is 0. The van der Waals surface area contributed by atoms with Gasteiger partial charge in [0.1, 0.15) is 5.82 Å². The molecule has 2 amide bonds. The molecule has 7 heteroatoms. The van der Waals surface area contributed by atoms with Crippen molar-refractivity contribution in [2.24, 2.45) is 0 Å². The lowest BCUT2D eigenvalue weighted by molar-refractivity contribution is -0.136. The van der Waals surface area contributed by atoms with E-state index in [2.05, 4.69) is 39.8 Å². The van der Waals surface area contributed by atoms with Crippen LogP contribution < -0.4 is 15.5 Å². The standard InChI is InChI=1S/C22H27FN4O2/c1-26(2)19-11-5-16(6-12-19)20(27-13-3-4-14-27)15-24-21(28)22(29)25-18-9-7-17(23)8-10-18/h5-12,20H,3-4,13-15H2,1-2H3,(H,24,28)(H,25,29)/t20-/m0/s1. The number of hydrogen-bond acceptors (Lipinski definition) is 4.